The van der Waals surface area contributed by atoms with Crippen LogP contribution >= 0.6 is 0 Å². The van der Waals surface area contributed by atoms with Crippen molar-refractivity contribution in [1.29, 1.82) is 0 Å². The quantitative estimate of drug-likeness (QED) is 0.755. The average molecular weight is 253 g/mol. The molecule has 2 rings (SSSR count). The van der Waals surface area contributed by atoms with E-state index in [0.29, 0.717) is 6.04 Å². The Labute approximate surface area is 108 Å². The van der Waals surface area contributed by atoms with Crippen molar-refractivity contribution in [3.05, 3.63) is 0 Å². The van der Waals surface area contributed by atoms with Crippen LogP contribution in [0, 0.1) is 0 Å². The van der Waals surface area contributed by atoms with Gasteiger partial charge in [0.1, 0.15) is 0 Å². The standard InChI is InChI=1S/C13H23N3O2/c1-13(7-3-4-8-14-13)12(18)16(2)9-11(17)15-10-5-6-10/h10,14H,3-9H2,1-2H3,(H,15,17). The number of hydrogen-bond acceptors (Lipinski definition) is 3. The summed E-state index contributed by atoms with van der Waals surface area (Å²) in [5, 5.41) is 6.18. The van der Waals surface area contributed by atoms with Crippen LogP contribution in [0.1, 0.15) is 39.0 Å². The lowest BCUT2D eigenvalue weighted by atomic mass is 9.89. The van der Waals surface area contributed by atoms with Gasteiger partial charge in [0.2, 0.25) is 11.8 Å². The number of piperidine rings is 1. The van der Waals surface area contributed by atoms with E-state index in [1.807, 2.05) is 6.92 Å². The summed E-state index contributed by atoms with van der Waals surface area (Å²) in [6.45, 7) is 2.97. The first-order valence-electron chi connectivity index (χ1n) is 6.81. The molecule has 0 radical (unpaired) electrons. The van der Waals surface area contributed by atoms with Gasteiger partial charge in [-0.2, -0.15) is 0 Å². The first-order chi connectivity index (χ1) is 8.51. The molecule has 5 heteroatoms. The fourth-order valence-corrected chi connectivity index (χ4v) is 2.45. The molecule has 1 unspecified atom stereocenters. The van der Waals surface area contributed by atoms with E-state index in [1.165, 1.54) is 4.90 Å². The second-order valence-electron chi connectivity index (χ2n) is 5.72. The van der Waals surface area contributed by atoms with Gasteiger partial charge >= 0.3 is 0 Å². The van der Waals surface area contributed by atoms with Gasteiger partial charge in [-0.25, -0.2) is 0 Å². The Bertz CT molecular complexity index is 333. The molecule has 0 spiro atoms. The van der Waals surface area contributed by atoms with Crippen molar-refractivity contribution in [3.8, 4) is 0 Å². The Kier molecular flexibility index (Phi) is 3.90. The molecule has 1 aliphatic carbocycles. The van der Waals surface area contributed by atoms with E-state index < -0.39 is 5.54 Å². The molecule has 5 nitrogen and oxygen atoms in total. The van der Waals surface area contributed by atoms with Crippen molar-refractivity contribution >= 4 is 11.8 Å². The zero-order valence-electron chi connectivity index (χ0n) is 11.3. The number of amides is 2. The van der Waals surface area contributed by atoms with Crippen LogP contribution in [0.15, 0.2) is 0 Å². The van der Waals surface area contributed by atoms with Gasteiger partial charge in [0.05, 0.1) is 12.1 Å². The summed E-state index contributed by atoms with van der Waals surface area (Å²) in [6, 6.07) is 0.351. The van der Waals surface area contributed by atoms with Crippen molar-refractivity contribution in [2.75, 3.05) is 20.1 Å². The van der Waals surface area contributed by atoms with Gasteiger partial charge in [-0.1, -0.05) is 0 Å². The summed E-state index contributed by atoms with van der Waals surface area (Å²) in [5.41, 5.74) is -0.493. The predicted octanol–water partition coefficient (Wildman–Crippen LogP) is 0.256. The van der Waals surface area contributed by atoms with Crippen LogP contribution in [0.3, 0.4) is 0 Å². The van der Waals surface area contributed by atoms with Crippen molar-refractivity contribution in [2.45, 2.75) is 50.6 Å². The minimum Gasteiger partial charge on any atom is -0.352 e. The molecule has 1 atom stereocenters. The number of rotatable bonds is 4. The van der Waals surface area contributed by atoms with E-state index >= 15 is 0 Å². The summed E-state index contributed by atoms with van der Waals surface area (Å²) in [5.74, 6) is -0.0269. The molecule has 0 aromatic heterocycles. The molecule has 0 bridgehead atoms. The molecular formula is C13H23N3O2. The third kappa shape index (κ3) is 3.22. The maximum absolute atomic E-state index is 12.3. The predicted molar refractivity (Wildman–Crippen MR) is 69.1 cm³/mol. The van der Waals surface area contributed by atoms with Gasteiger partial charge in [0.15, 0.2) is 0 Å². The van der Waals surface area contributed by atoms with Crippen LogP contribution in [-0.2, 0) is 9.59 Å². The highest BCUT2D eigenvalue weighted by atomic mass is 16.2. The second kappa shape index (κ2) is 5.26. The van der Waals surface area contributed by atoms with Gasteiger partial charge in [0, 0.05) is 13.1 Å². The van der Waals surface area contributed by atoms with Crippen LogP contribution in [0.5, 0.6) is 0 Å². The third-order valence-corrected chi connectivity index (χ3v) is 3.76. The van der Waals surface area contributed by atoms with E-state index in [4.69, 9.17) is 0 Å². The number of likely N-dealkylation sites (N-methyl/N-ethyl adjacent to an activating group) is 1. The number of hydrogen-bond donors (Lipinski definition) is 2. The molecule has 2 amide bonds. The third-order valence-electron chi connectivity index (χ3n) is 3.76. The van der Waals surface area contributed by atoms with Crippen LogP contribution in [0.2, 0.25) is 0 Å². The maximum atomic E-state index is 12.3. The van der Waals surface area contributed by atoms with E-state index in [2.05, 4.69) is 10.6 Å². The molecule has 1 saturated carbocycles. The van der Waals surface area contributed by atoms with Crippen molar-refractivity contribution in [2.24, 2.45) is 0 Å². The number of nitrogens with one attached hydrogen (secondary N) is 2. The van der Waals surface area contributed by atoms with E-state index in [-0.39, 0.29) is 18.4 Å². The summed E-state index contributed by atoms with van der Waals surface area (Å²) in [7, 11) is 1.70. The van der Waals surface area contributed by atoms with Gasteiger partial charge in [-0.05, 0) is 45.6 Å². The lowest BCUT2D eigenvalue weighted by molar-refractivity contribution is -0.140. The van der Waals surface area contributed by atoms with Crippen molar-refractivity contribution in [1.82, 2.24) is 15.5 Å². The van der Waals surface area contributed by atoms with Crippen LogP contribution < -0.4 is 10.6 Å². The molecule has 1 saturated heterocycles. The molecule has 1 aliphatic heterocycles. The largest absolute Gasteiger partial charge is 0.352 e. The molecule has 2 N–H and O–H groups in total. The summed E-state index contributed by atoms with van der Waals surface area (Å²) >= 11 is 0. The highest BCUT2D eigenvalue weighted by molar-refractivity contribution is 5.90. The number of nitrogens with zero attached hydrogens (tertiary/aromatic N) is 1. The van der Waals surface area contributed by atoms with Crippen molar-refractivity contribution in [3.63, 3.8) is 0 Å². The van der Waals surface area contributed by atoms with Gasteiger partial charge < -0.3 is 15.5 Å². The zero-order valence-corrected chi connectivity index (χ0v) is 11.3. The van der Waals surface area contributed by atoms with E-state index in [0.717, 1.165) is 38.6 Å². The van der Waals surface area contributed by atoms with Crippen LogP contribution in [-0.4, -0.2) is 48.4 Å². The fraction of sp³-hybridized carbons (Fsp3) is 0.846. The lowest BCUT2D eigenvalue weighted by Gasteiger charge is -2.36. The number of carbonyl (C=O) groups excluding carboxylic acids is 2. The molecule has 102 valence electrons. The van der Waals surface area contributed by atoms with E-state index in [1.54, 1.807) is 7.05 Å². The van der Waals surface area contributed by atoms with Gasteiger partial charge in [-0.3, -0.25) is 9.59 Å². The topological polar surface area (TPSA) is 61.4 Å². The molecule has 1 heterocycles. The molecular weight excluding hydrogens is 230 g/mol. The minimum absolute atomic E-state index is 0.0214. The monoisotopic (exact) mass is 253 g/mol. The lowest BCUT2D eigenvalue weighted by Crippen LogP contribution is -2.58. The summed E-state index contributed by atoms with van der Waals surface area (Å²) in [4.78, 5) is 25.5. The molecule has 18 heavy (non-hydrogen) atoms. The average Bonchev–Trinajstić information content (AvgIpc) is 3.12. The Morgan fingerprint density at radius 2 is 2.11 bits per heavy atom. The first kappa shape index (κ1) is 13.3. The summed E-state index contributed by atoms with van der Waals surface area (Å²) < 4.78 is 0. The highest BCUT2D eigenvalue weighted by Gasteiger charge is 2.37. The normalized spacial score (nSPS) is 27.7. The van der Waals surface area contributed by atoms with Gasteiger partial charge in [-0.15, -0.1) is 0 Å². The first-order valence-corrected chi connectivity index (χ1v) is 6.81. The number of carbonyl (C=O) groups is 2. The van der Waals surface area contributed by atoms with E-state index in [9.17, 15) is 9.59 Å². The van der Waals surface area contributed by atoms with Crippen LogP contribution in [0.4, 0.5) is 0 Å². The van der Waals surface area contributed by atoms with Gasteiger partial charge in [0.25, 0.3) is 0 Å². The maximum Gasteiger partial charge on any atom is 0.242 e. The smallest absolute Gasteiger partial charge is 0.242 e. The fourth-order valence-electron chi connectivity index (χ4n) is 2.45. The molecule has 0 aromatic carbocycles. The Morgan fingerprint density at radius 1 is 1.39 bits per heavy atom. The molecule has 2 aliphatic rings. The molecule has 2 fully saturated rings. The molecule has 0 aromatic rings. The zero-order chi connectivity index (χ0) is 13.2. The minimum atomic E-state index is -0.493. The van der Waals surface area contributed by atoms with Crippen molar-refractivity contribution < 1.29 is 9.59 Å². The highest BCUT2D eigenvalue weighted by Crippen LogP contribution is 2.21. The second-order valence-corrected chi connectivity index (χ2v) is 5.72. The Hall–Kier alpha value is -1.10. The Balaban J connectivity index is 1.84. The Morgan fingerprint density at radius 3 is 2.67 bits per heavy atom. The summed E-state index contributed by atoms with van der Waals surface area (Å²) in [6.07, 6.45) is 5.18. The SMILES string of the molecule is CN(CC(=O)NC1CC1)C(=O)C1(C)CCCCN1. The van der Waals surface area contributed by atoms with Crippen LogP contribution in [0.25, 0.3) is 0 Å².